The first kappa shape index (κ1) is 13.5. The first-order chi connectivity index (χ1) is 8.99. The largest absolute Gasteiger partial charge is 0.476 e. The van der Waals surface area contributed by atoms with Crippen molar-refractivity contribution in [1.82, 2.24) is 15.0 Å². The molecule has 2 rings (SSSR count). The number of hydrogen-bond donors (Lipinski definition) is 1. The second-order valence-corrected chi connectivity index (χ2v) is 5.01. The van der Waals surface area contributed by atoms with Crippen molar-refractivity contribution in [2.24, 2.45) is 0 Å². The predicted octanol–water partition coefficient (Wildman–Crippen LogP) is 2.80. The Bertz CT molecular complexity index is 608. The Balaban J connectivity index is 2.38. The number of carboxylic acid groups (broad SMARTS) is 1. The van der Waals surface area contributed by atoms with Gasteiger partial charge in [0.05, 0.1) is 12.2 Å². The van der Waals surface area contributed by atoms with Gasteiger partial charge in [-0.2, -0.15) is 0 Å². The van der Waals surface area contributed by atoms with Crippen LogP contribution in [-0.2, 0) is 6.54 Å². The molecule has 0 saturated heterocycles. The summed E-state index contributed by atoms with van der Waals surface area (Å²) in [6.45, 7) is 4.29. The first-order valence-corrected chi connectivity index (χ1v) is 6.28. The van der Waals surface area contributed by atoms with Gasteiger partial charge in [-0.25, -0.2) is 9.48 Å². The fraction of sp³-hybridized carbons (Fsp3) is 0.308. The van der Waals surface area contributed by atoms with Gasteiger partial charge in [0, 0.05) is 5.02 Å². The van der Waals surface area contributed by atoms with Gasteiger partial charge in [-0.1, -0.05) is 42.8 Å². The highest BCUT2D eigenvalue weighted by Gasteiger charge is 2.21. The molecule has 0 amide bonds. The van der Waals surface area contributed by atoms with Gasteiger partial charge in [-0.15, -0.1) is 5.10 Å². The van der Waals surface area contributed by atoms with Crippen molar-refractivity contribution in [1.29, 1.82) is 0 Å². The maximum Gasteiger partial charge on any atom is 0.358 e. The molecule has 0 fully saturated rings. The summed E-state index contributed by atoms with van der Waals surface area (Å²) in [6.07, 6.45) is 0. The van der Waals surface area contributed by atoms with Crippen LogP contribution in [0.3, 0.4) is 0 Å². The van der Waals surface area contributed by atoms with Gasteiger partial charge < -0.3 is 5.11 Å². The number of hydrogen-bond acceptors (Lipinski definition) is 3. The summed E-state index contributed by atoms with van der Waals surface area (Å²) in [5.74, 6) is -1.03. The molecule has 0 spiro atoms. The van der Waals surface area contributed by atoms with E-state index in [0.29, 0.717) is 17.3 Å². The number of aromatic nitrogens is 3. The fourth-order valence-electron chi connectivity index (χ4n) is 1.97. The molecule has 0 radical (unpaired) electrons. The van der Waals surface area contributed by atoms with Crippen LogP contribution in [0.1, 0.15) is 41.5 Å². The summed E-state index contributed by atoms with van der Waals surface area (Å²) < 4.78 is 1.61. The lowest BCUT2D eigenvalue weighted by Crippen LogP contribution is -2.10. The van der Waals surface area contributed by atoms with Gasteiger partial charge in [0.2, 0.25) is 0 Å². The second kappa shape index (κ2) is 5.40. The highest BCUT2D eigenvalue weighted by molar-refractivity contribution is 6.30. The number of carboxylic acids is 1. The van der Waals surface area contributed by atoms with Gasteiger partial charge in [-0.05, 0) is 23.6 Å². The summed E-state index contributed by atoms with van der Waals surface area (Å²) in [5.41, 5.74) is 1.58. The number of benzene rings is 1. The number of nitrogens with zero attached hydrogens (tertiary/aromatic N) is 3. The normalized spacial score (nSPS) is 10.9. The average molecular weight is 280 g/mol. The Kier molecular flexibility index (Phi) is 3.85. The molecule has 0 unspecified atom stereocenters. The van der Waals surface area contributed by atoms with E-state index in [2.05, 4.69) is 10.3 Å². The quantitative estimate of drug-likeness (QED) is 0.934. The van der Waals surface area contributed by atoms with Crippen molar-refractivity contribution in [3.05, 3.63) is 46.2 Å². The molecule has 1 aromatic heterocycles. The Morgan fingerprint density at radius 3 is 2.79 bits per heavy atom. The molecular weight excluding hydrogens is 266 g/mol. The highest BCUT2D eigenvalue weighted by atomic mass is 35.5. The van der Waals surface area contributed by atoms with E-state index in [1.165, 1.54) is 0 Å². The van der Waals surface area contributed by atoms with E-state index >= 15 is 0 Å². The third-order valence-electron chi connectivity index (χ3n) is 2.74. The topological polar surface area (TPSA) is 68.0 Å². The maximum absolute atomic E-state index is 11.1. The van der Waals surface area contributed by atoms with E-state index in [9.17, 15) is 4.79 Å². The molecule has 0 atom stereocenters. The molecule has 19 heavy (non-hydrogen) atoms. The molecular formula is C13H14ClN3O2. The molecule has 1 aromatic carbocycles. The summed E-state index contributed by atoms with van der Waals surface area (Å²) >= 11 is 5.93. The minimum absolute atomic E-state index is 0.0111. The van der Waals surface area contributed by atoms with E-state index in [1.807, 2.05) is 32.0 Å². The van der Waals surface area contributed by atoms with Crippen LogP contribution in [-0.4, -0.2) is 26.1 Å². The molecule has 0 aliphatic heterocycles. The molecule has 6 heteroatoms. The summed E-state index contributed by atoms with van der Waals surface area (Å²) in [7, 11) is 0. The highest BCUT2D eigenvalue weighted by Crippen LogP contribution is 2.19. The molecule has 1 N–H and O–H groups in total. The number of carbonyl (C=O) groups is 1. The van der Waals surface area contributed by atoms with Gasteiger partial charge in [0.15, 0.2) is 5.69 Å². The summed E-state index contributed by atoms with van der Waals surface area (Å²) in [5, 5.41) is 17.4. The van der Waals surface area contributed by atoms with Gasteiger partial charge in [0.25, 0.3) is 0 Å². The number of rotatable bonds is 4. The smallest absolute Gasteiger partial charge is 0.358 e. The van der Waals surface area contributed by atoms with Crippen LogP contribution in [0.15, 0.2) is 24.3 Å². The van der Waals surface area contributed by atoms with Crippen molar-refractivity contribution < 1.29 is 9.90 Å². The molecule has 100 valence electrons. The average Bonchev–Trinajstić information content (AvgIpc) is 2.73. The van der Waals surface area contributed by atoms with Crippen LogP contribution in [0.25, 0.3) is 0 Å². The van der Waals surface area contributed by atoms with Crippen LogP contribution < -0.4 is 0 Å². The number of halogens is 1. The zero-order chi connectivity index (χ0) is 14.0. The minimum Gasteiger partial charge on any atom is -0.476 e. The molecule has 5 nitrogen and oxygen atoms in total. The van der Waals surface area contributed by atoms with E-state index < -0.39 is 5.97 Å². The second-order valence-electron chi connectivity index (χ2n) is 4.57. The number of aromatic carboxylic acids is 1. The molecule has 2 aromatic rings. The zero-order valence-electron chi connectivity index (χ0n) is 10.7. The van der Waals surface area contributed by atoms with Crippen molar-refractivity contribution in [2.45, 2.75) is 26.3 Å². The summed E-state index contributed by atoms with van der Waals surface area (Å²) in [6, 6.07) is 7.38. The molecule has 1 heterocycles. The lowest BCUT2D eigenvalue weighted by molar-refractivity contribution is 0.0688. The van der Waals surface area contributed by atoms with Crippen LogP contribution in [0.2, 0.25) is 5.02 Å². The Labute approximate surface area is 115 Å². The minimum atomic E-state index is -1.05. The van der Waals surface area contributed by atoms with Crippen LogP contribution in [0, 0.1) is 0 Å². The predicted molar refractivity (Wildman–Crippen MR) is 71.6 cm³/mol. The molecule has 0 bridgehead atoms. The van der Waals surface area contributed by atoms with Crippen molar-refractivity contribution >= 4 is 17.6 Å². The van der Waals surface area contributed by atoms with Crippen molar-refractivity contribution in [2.75, 3.05) is 0 Å². The lowest BCUT2D eigenvalue weighted by atomic mass is 10.1. The standard InChI is InChI=1S/C13H14ClN3O2/c1-8(2)12-11(13(18)19)15-16-17(12)7-9-4-3-5-10(14)6-9/h3-6,8H,7H2,1-2H3,(H,18,19). The van der Waals surface area contributed by atoms with Gasteiger partial charge in [-0.3, -0.25) is 0 Å². The first-order valence-electron chi connectivity index (χ1n) is 5.90. The van der Waals surface area contributed by atoms with Crippen LogP contribution in [0.5, 0.6) is 0 Å². The lowest BCUT2D eigenvalue weighted by Gasteiger charge is -2.10. The zero-order valence-corrected chi connectivity index (χ0v) is 11.4. The monoisotopic (exact) mass is 279 g/mol. The molecule has 0 aliphatic carbocycles. The van der Waals surface area contributed by atoms with Crippen LogP contribution in [0.4, 0.5) is 0 Å². The Morgan fingerprint density at radius 2 is 2.21 bits per heavy atom. The van der Waals surface area contributed by atoms with Gasteiger partial charge >= 0.3 is 5.97 Å². The summed E-state index contributed by atoms with van der Waals surface area (Å²) in [4.78, 5) is 11.1. The third kappa shape index (κ3) is 2.93. The van der Waals surface area contributed by atoms with E-state index in [0.717, 1.165) is 5.56 Å². The van der Waals surface area contributed by atoms with E-state index in [-0.39, 0.29) is 11.6 Å². The van der Waals surface area contributed by atoms with Crippen molar-refractivity contribution in [3.8, 4) is 0 Å². The molecule has 0 aliphatic rings. The van der Waals surface area contributed by atoms with E-state index in [4.69, 9.17) is 16.7 Å². The third-order valence-corrected chi connectivity index (χ3v) is 2.98. The Morgan fingerprint density at radius 1 is 1.47 bits per heavy atom. The van der Waals surface area contributed by atoms with Crippen LogP contribution >= 0.6 is 11.6 Å². The fourth-order valence-corrected chi connectivity index (χ4v) is 2.18. The SMILES string of the molecule is CC(C)c1c(C(=O)O)nnn1Cc1cccc(Cl)c1. The van der Waals surface area contributed by atoms with E-state index in [1.54, 1.807) is 10.7 Å². The van der Waals surface area contributed by atoms with Gasteiger partial charge in [0.1, 0.15) is 0 Å². The Hall–Kier alpha value is -1.88. The van der Waals surface area contributed by atoms with Crippen molar-refractivity contribution in [3.63, 3.8) is 0 Å². The molecule has 0 saturated carbocycles. The maximum atomic E-state index is 11.1.